The summed E-state index contributed by atoms with van der Waals surface area (Å²) in [4.78, 5) is 23.0. The van der Waals surface area contributed by atoms with Gasteiger partial charge in [0.05, 0.1) is 0 Å². The van der Waals surface area contributed by atoms with Crippen molar-refractivity contribution in [3.63, 3.8) is 0 Å². The molecule has 0 fully saturated rings. The van der Waals surface area contributed by atoms with Crippen molar-refractivity contribution in [1.82, 2.24) is 5.32 Å². The Labute approximate surface area is 147 Å². The van der Waals surface area contributed by atoms with Gasteiger partial charge in [0.2, 0.25) is 0 Å². The van der Waals surface area contributed by atoms with Gasteiger partial charge in [-0.05, 0) is 30.7 Å². The first-order valence-electron chi connectivity index (χ1n) is 8.08. The summed E-state index contributed by atoms with van der Waals surface area (Å²) in [6.45, 7) is 6.24. The molecule has 2 rings (SSSR count). The van der Waals surface area contributed by atoms with Crippen LogP contribution in [0.4, 0.5) is 0 Å². The van der Waals surface area contributed by atoms with E-state index in [0.29, 0.717) is 17.9 Å². The van der Waals surface area contributed by atoms with Gasteiger partial charge in [0.15, 0.2) is 6.61 Å². The van der Waals surface area contributed by atoms with Crippen molar-refractivity contribution in [2.45, 2.75) is 26.2 Å². The molecule has 0 aromatic heterocycles. The normalized spacial score (nSPS) is 11.0. The lowest BCUT2D eigenvalue weighted by Gasteiger charge is -2.26. The average molecular weight is 341 g/mol. The Morgan fingerprint density at radius 1 is 1.12 bits per heavy atom. The summed E-state index contributed by atoms with van der Waals surface area (Å²) in [7, 11) is 0. The van der Waals surface area contributed by atoms with Gasteiger partial charge in [-0.2, -0.15) is 0 Å². The van der Waals surface area contributed by atoms with Gasteiger partial charge < -0.3 is 15.2 Å². The van der Waals surface area contributed by atoms with E-state index in [0.717, 1.165) is 5.56 Å². The smallest absolute Gasteiger partial charge is 0.341 e. The van der Waals surface area contributed by atoms with Crippen molar-refractivity contribution in [3.8, 4) is 5.75 Å². The van der Waals surface area contributed by atoms with Crippen molar-refractivity contribution < 1.29 is 19.4 Å². The molecule has 0 atom stereocenters. The second kappa shape index (κ2) is 7.83. The van der Waals surface area contributed by atoms with E-state index in [1.807, 2.05) is 19.1 Å². The zero-order valence-electron chi connectivity index (χ0n) is 14.7. The van der Waals surface area contributed by atoms with Gasteiger partial charge in [0.1, 0.15) is 5.75 Å². The SMILES string of the molecule is Cc1cccc(C(C)(C)CNC(=O)c2cccc(OCC(=O)O)c2)c1. The number of carboxylic acids is 1. The lowest BCUT2D eigenvalue weighted by Crippen LogP contribution is -2.36. The summed E-state index contributed by atoms with van der Waals surface area (Å²) >= 11 is 0. The zero-order valence-corrected chi connectivity index (χ0v) is 14.7. The maximum Gasteiger partial charge on any atom is 0.341 e. The van der Waals surface area contributed by atoms with Crippen LogP contribution < -0.4 is 10.1 Å². The van der Waals surface area contributed by atoms with E-state index in [1.165, 1.54) is 11.6 Å². The molecule has 0 aliphatic heterocycles. The van der Waals surface area contributed by atoms with Crippen LogP contribution in [-0.2, 0) is 10.2 Å². The molecule has 0 saturated heterocycles. The number of benzene rings is 2. The largest absolute Gasteiger partial charge is 0.482 e. The van der Waals surface area contributed by atoms with Crippen LogP contribution in [0.2, 0.25) is 0 Å². The summed E-state index contributed by atoms with van der Waals surface area (Å²) in [5.41, 5.74) is 2.56. The first-order chi connectivity index (χ1) is 11.8. The van der Waals surface area contributed by atoms with E-state index in [4.69, 9.17) is 9.84 Å². The number of carbonyl (C=O) groups is 2. The van der Waals surface area contributed by atoms with E-state index in [9.17, 15) is 9.59 Å². The minimum atomic E-state index is -1.06. The predicted octanol–water partition coefficient (Wildman–Crippen LogP) is 3.17. The Balaban J connectivity index is 2.02. The van der Waals surface area contributed by atoms with Crippen LogP contribution in [0.5, 0.6) is 5.75 Å². The number of carbonyl (C=O) groups excluding carboxylic acids is 1. The second-order valence-electron chi connectivity index (χ2n) is 6.65. The molecule has 0 radical (unpaired) electrons. The quantitative estimate of drug-likeness (QED) is 0.811. The molecule has 0 aliphatic rings. The maximum absolute atomic E-state index is 12.4. The summed E-state index contributed by atoms with van der Waals surface area (Å²) in [5.74, 6) is -0.927. The summed E-state index contributed by atoms with van der Waals surface area (Å²) in [6.07, 6.45) is 0. The number of amides is 1. The third-order valence-electron chi connectivity index (χ3n) is 3.95. The van der Waals surface area contributed by atoms with Crippen molar-refractivity contribution in [3.05, 3.63) is 65.2 Å². The molecule has 0 aliphatic carbocycles. The van der Waals surface area contributed by atoms with Gasteiger partial charge in [-0.1, -0.05) is 49.7 Å². The molecule has 0 heterocycles. The van der Waals surface area contributed by atoms with Crippen molar-refractivity contribution in [2.75, 3.05) is 13.2 Å². The number of ether oxygens (including phenoxy) is 1. The topological polar surface area (TPSA) is 75.6 Å². The number of hydrogen-bond acceptors (Lipinski definition) is 3. The molecule has 0 bridgehead atoms. The van der Waals surface area contributed by atoms with Crippen molar-refractivity contribution >= 4 is 11.9 Å². The van der Waals surface area contributed by atoms with Crippen molar-refractivity contribution in [1.29, 1.82) is 0 Å². The molecule has 25 heavy (non-hydrogen) atoms. The molecular weight excluding hydrogens is 318 g/mol. The van der Waals surface area contributed by atoms with Crippen LogP contribution in [-0.4, -0.2) is 30.1 Å². The third-order valence-corrected chi connectivity index (χ3v) is 3.95. The van der Waals surface area contributed by atoms with Gasteiger partial charge in [-0.3, -0.25) is 4.79 Å². The van der Waals surface area contributed by atoms with Crippen LogP contribution in [0, 0.1) is 6.92 Å². The highest BCUT2D eigenvalue weighted by Gasteiger charge is 2.22. The summed E-state index contributed by atoms with van der Waals surface area (Å²) in [6, 6.07) is 14.7. The van der Waals surface area contributed by atoms with E-state index in [1.54, 1.807) is 18.2 Å². The third kappa shape index (κ3) is 5.35. The van der Waals surface area contributed by atoms with E-state index in [2.05, 4.69) is 31.3 Å². The molecule has 0 spiro atoms. The van der Waals surface area contributed by atoms with E-state index >= 15 is 0 Å². The number of carboxylic acid groups (broad SMARTS) is 1. The fourth-order valence-electron chi connectivity index (χ4n) is 2.44. The zero-order chi connectivity index (χ0) is 18.4. The van der Waals surface area contributed by atoms with Gasteiger partial charge in [-0.25, -0.2) is 4.79 Å². The van der Waals surface area contributed by atoms with Crippen LogP contribution in [0.1, 0.15) is 35.3 Å². The Morgan fingerprint density at radius 3 is 2.52 bits per heavy atom. The van der Waals surface area contributed by atoms with E-state index < -0.39 is 12.6 Å². The number of aliphatic carboxylic acids is 1. The second-order valence-corrected chi connectivity index (χ2v) is 6.65. The molecule has 0 unspecified atom stereocenters. The molecule has 0 saturated carbocycles. The maximum atomic E-state index is 12.4. The molecule has 1 amide bonds. The lowest BCUT2D eigenvalue weighted by atomic mass is 9.84. The Kier molecular flexibility index (Phi) is 5.80. The van der Waals surface area contributed by atoms with Gasteiger partial charge in [-0.15, -0.1) is 0 Å². The fourth-order valence-corrected chi connectivity index (χ4v) is 2.44. The first-order valence-corrected chi connectivity index (χ1v) is 8.08. The van der Waals surface area contributed by atoms with Crippen molar-refractivity contribution in [2.24, 2.45) is 0 Å². The monoisotopic (exact) mass is 341 g/mol. The number of hydrogen-bond donors (Lipinski definition) is 2. The summed E-state index contributed by atoms with van der Waals surface area (Å²) in [5, 5.41) is 11.6. The lowest BCUT2D eigenvalue weighted by molar-refractivity contribution is -0.139. The molecule has 132 valence electrons. The minimum absolute atomic E-state index is 0.209. The molecule has 5 nitrogen and oxygen atoms in total. The molecular formula is C20H23NO4. The summed E-state index contributed by atoms with van der Waals surface area (Å²) < 4.78 is 5.11. The first kappa shape index (κ1) is 18.5. The molecule has 2 aromatic rings. The van der Waals surface area contributed by atoms with Crippen LogP contribution in [0.3, 0.4) is 0 Å². The predicted molar refractivity (Wildman–Crippen MR) is 96.1 cm³/mol. The Hall–Kier alpha value is -2.82. The molecule has 5 heteroatoms. The van der Waals surface area contributed by atoms with Gasteiger partial charge in [0, 0.05) is 17.5 Å². The van der Waals surface area contributed by atoms with Crippen LogP contribution >= 0.6 is 0 Å². The standard InChI is InChI=1S/C20H23NO4/c1-14-6-4-8-16(10-14)20(2,3)13-21-19(24)15-7-5-9-17(11-15)25-12-18(22)23/h4-11H,12-13H2,1-3H3,(H,21,24)(H,22,23). The minimum Gasteiger partial charge on any atom is -0.482 e. The number of nitrogens with one attached hydrogen (secondary N) is 1. The van der Waals surface area contributed by atoms with E-state index in [-0.39, 0.29) is 11.3 Å². The number of aryl methyl sites for hydroxylation is 1. The van der Waals surface area contributed by atoms with Gasteiger partial charge >= 0.3 is 5.97 Å². The molecule has 2 aromatic carbocycles. The Morgan fingerprint density at radius 2 is 1.84 bits per heavy atom. The number of rotatable bonds is 7. The highest BCUT2D eigenvalue weighted by atomic mass is 16.5. The molecule has 2 N–H and O–H groups in total. The van der Waals surface area contributed by atoms with Gasteiger partial charge in [0.25, 0.3) is 5.91 Å². The highest BCUT2D eigenvalue weighted by molar-refractivity contribution is 5.94. The highest BCUT2D eigenvalue weighted by Crippen LogP contribution is 2.23. The Bertz CT molecular complexity index is 768. The fraction of sp³-hybridized carbons (Fsp3) is 0.300. The van der Waals surface area contributed by atoms with Crippen LogP contribution in [0.25, 0.3) is 0 Å². The van der Waals surface area contributed by atoms with Crippen LogP contribution in [0.15, 0.2) is 48.5 Å². The average Bonchev–Trinajstić information content (AvgIpc) is 2.58.